The van der Waals surface area contributed by atoms with Gasteiger partial charge in [-0.3, -0.25) is 0 Å². The number of hydrogen-bond acceptors (Lipinski definition) is 6. The van der Waals surface area contributed by atoms with Gasteiger partial charge in [0.2, 0.25) is 0 Å². The molecule has 1 N–H and O–H groups in total. The van der Waals surface area contributed by atoms with Gasteiger partial charge in [-0.25, -0.2) is 19.6 Å². The summed E-state index contributed by atoms with van der Waals surface area (Å²) in [6.45, 7) is 2.78. The zero-order valence-corrected chi connectivity index (χ0v) is 14.0. The number of anilines is 1. The lowest BCUT2D eigenvalue weighted by Gasteiger charge is -2.05. The molecule has 0 spiro atoms. The van der Waals surface area contributed by atoms with Crippen molar-refractivity contribution in [1.82, 2.24) is 24.7 Å². The van der Waals surface area contributed by atoms with E-state index in [1.54, 1.807) is 23.9 Å². The first-order valence-corrected chi connectivity index (χ1v) is 8.58. The summed E-state index contributed by atoms with van der Waals surface area (Å²) in [6, 6.07) is 9.96. The average molecular weight is 336 g/mol. The third-order valence-electron chi connectivity index (χ3n) is 3.72. The van der Waals surface area contributed by atoms with Crippen LogP contribution in [-0.4, -0.2) is 24.7 Å². The van der Waals surface area contributed by atoms with Crippen molar-refractivity contribution in [2.24, 2.45) is 0 Å². The summed E-state index contributed by atoms with van der Waals surface area (Å²) >= 11 is 1.72. The zero-order valence-electron chi connectivity index (χ0n) is 13.2. The van der Waals surface area contributed by atoms with Crippen LogP contribution in [0.4, 0.5) is 5.82 Å². The molecule has 7 heteroatoms. The van der Waals surface area contributed by atoms with Gasteiger partial charge in [0.25, 0.3) is 0 Å². The molecule has 4 aromatic rings. The van der Waals surface area contributed by atoms with E-state index in [2.05, 4.69) is 32.3 Å². The number of benzene rings is 1. The molecule has 0 aliphatic carbocycles. The highest BCUT2D eigenvalue weighted by Gasteiger charge is 2.11. The topological polar surface area (TPSA) is 68.5 Å². The van der Waals surface area contributed by atoms with E-state index in [1.807, 2.05) is 41.2 Å². The van der Waals surface area contributed by atoms with E-state index in [4.69, 9.17) is 0 Å². The van der Waals surface area contributed by atoms with E-state index in [0.717, 1.165) is 34.0 Å². The van der Waals surface area contributed by atoms with Crippen molar-refractivity contribution in [3.05, 3.63) is 58.9 Å². The Morgan fingerprint density at radius 1 is 1.08 bits per heavy atom. The number of nitrogens with one attached hydrogen (secondary N) is 1. The smallest absolute Gasteiger partial charge is 0.168 e. The number of para-hydroxylation sites is 1. The molecule has 0 saturated heterocycles. The maximum Gasteiger partial charge on any atom is 0.168 e. The minimum Gasteiger partial charge on any atom is -0.363 e. The molecular formula is C17H16N6S. The highest BCUT2D eigenvalue weighted by Crippen LogP contribution is 2.22. The Balaban J connectivity index is 1.63. The second-order valence-electron chi connectivity index (χ2n) is 5.28. The standard InChI is InChI=1S/C17H16N6S/c1-2-13-8-18-15(24-13)10-19-16-14-9-22-23(17(14)21-11-20-16)12-6-4-3-5-7-12/h3-9,11H,2,10H2,1H3,(H,19,20,21). The van der Waals surface area contributed by atoms with Crippen LogP contribution in [-0.2, 0) is 13.0 Å². The summed E-state index contributed by atoms with van der Waals surface area (Å²) in [5.74, 6) is 0.774. The molecule has 0 aliphatic rings. The molecule has 1 aromatic carbocycles. The molecule has 120 valence electrons. The lowest BCUT2D eigenvalue weighted by Crippen LogP contribution is -2.02. The van der Waals surface area contributed by atoms with Crippen LogP contribution in [0.15, 0.2) is 49.1 Å². The SMILES string of the molecule is CCc1cnc(CNc2ncnc3c2cnn3-c2ccccc2)s1. The fourth-order valence-corrected chi connectivity index (χ4v) is 3.30. The molecule has 0 aliphatic heterocycles. The van der Waals surface area contributed by atoms with Crippen molar-refractivity contribution in [3.8, 4) is 5.69 Å². The highest BCUT2D eigenvalue weighted by molar-refractivity contribution is 7.11. The third-order valence-corrected chi connectivity index (χ3v) is 4.87. The lowest BCUT2D eigenvalue weighted by molar-refractivity contribution is 0.895. The van der Waals surface area contributed by atoms with Crippen molar-refractivity contribution >= 4 is 28.2 Å². The van der Waals surface area contributed by atoms with Crippen molar-refractivity contribution in [2.45, 2.75) is 19.9 Å². The Bertz CT molecular complexity index is 960. The first-order valence-electron chi connectivity index (χ1n) is 7.76. The predicted octanol–water partition coefficient (Wildman–Crippen LogP) is 3.45. The molecule has 0 unspecified atom stereocenters. The van der Waals surface area contributed by atoms with E-state index in [0.29, 0.717) is 6.54 Å². The normalized spacial score (nSPS) is 11.0. The van der Waals surface area contributed by atoms with Crippen LogP contribution in [0.25, 0.3) is 16.7 Å². The van der Waals surface area contributed by atoms with Gasteiger partial charge in [0.15, 0.2) is 5.65 Å². The zero-order chi connectivity index (χ0) is 16.4. The minimum absolute atomic E-state index is 0.646. The van der Waals surface area contributed by atoms with E-state index in [9.17, 15) is 0 Å². The van der Waals surface area contributed by atoms with Crippen LogP contribution >= 0.6 is 11.3 Å². The number of thiazole rings is 1. The summed E-state index contributed by atoms with van der Waals surface area (Å²) < 4.78 is 1.82. The molecular weight excluding hydrogens is 320 g/mol. The fraction of sp³-hybridized carbons (Fsp3) is 0.176. The predicted molar refractivity (Wildman–Crippen MR) is 95.5 cm³/mol. The molecule has 0 radical (unpaired) electrons. The maximum absolute atomic E-state index is 4.46. The van der Waals surface area contributed by atoms with Gasteiger partial charge in [-0.1, -0.05) is 25.1 Å². The number of nitrogens with zero attached hydrogens (tertiary/aromatic N) is 5. The van der Waals surface area contributed by atoms with Crippen molar-refractivity contribution in [1.29, 1.82) is 0 Å². The number of fused-ring (bicyclic) bond motifs is 1. The largest absolute Gasteiger partial charge is 0.363 e. The number of rotatable bonds is 5. The van der Waals surface area contributed by atoms with Crippen molar-refractivity contribution in [3.63, 3.8) is 0 Å². The summed E-state index contributed by atoms with van der Waals surface area (Å²) in [5, 5.41) is 9.76. The van der Waals surface area contributed by atoms with Gasteiger partial charge in [0.1, 0.15) is 17.2 Å². The van der Waals surface area contributed by atoms with E-state index in [1.165, 1.54) is 4.88 Å². The quantitative estimate of drug-likeness (QED) is 0.604. The van der Waals surface area contributed by atoms with Crippen LogP contribution < -0.4 is 5.32 Å². The second-order valence-corrected chi connectivity index (χ2v) is 6.48. The van der Waals surface area contributed by atoms with Crippen molar-refractivity contribution in [2.75, 3.05) is 5.32 Å². The molecule has 0 bridgehead atoms. The Kier molecular flexibility index (Phi) is 3.92. The summed E-state index contributed by atoms with van der Waals surface area (Å²) in [5.41, 5.74) is 1.76. The number of hydrogen-bond donors (Lipinski definition) is 1. The molecule has 3 heterocycles. The van der Waals surface area contributed by atoms with Crippen LogP contribution in [0.5, 0.6) is 0 Å². The van der Waals surface area contributed by atoms with E-state index < -0.39 is 0 Å². The maximum atomic E-state index is 4.46. The monoisotopic (exact) mass is 336 g/mol. The molecule has 0 fully saturated rings. The van der Waals surface area contributed by atoms with Gasteiger partial charge in [-0.15, -0.1) is 11.3 Å². The third kappa shape index (κ3) is 2.74. The molecule has 6 nitrogen and oxygen atoms in total. The molecule has 4 rings (SSSR count). The molecule has 0 saturated carbocycles. The number of aromatic nitrogens is 5. The van der Waals surface area contributed by atoms with Gasteiger partial charge >= 0.3 is 0 Å². The lowest BCUT2D eigenvalue weighted by atomic mass is 10.3. The Morgan fingerprint density at radius 2 is 1.96 bits per heavy atom. The molecule has 0 amide bonds. The summed E-state index contributed by atoms with van der Waals surface area (Å²) in [4.78, 5) is 14.5. The summed E-state index contributed by atoms with van der Waals surface area (Å²) in [6.07, 6.45) is 6.30. The van der Waals surface area contributed by atoms with Gasteiger partial charge in [0, 0.05) is 11.1 Å². The molecule has 24 heavy (non-hydrogen) atoms. The van der Waals surface area contributed by atoms with E-state index >= 15 is 0 Å². The second kappa shape index (κ2) is 6.37. The Labute approximate surface area is 143 Å². The average Bonchev–Trinajstić information content (AvgIpc) is 3.27. The Morgan fingerprint density at radius 3 is 2.75 bits per heavy atom. The van der Waals surface area contributed by atoms with Gasteiger partial charge in [-0.2, -0.15) is 5.10 Å². The Hall–Kier alpha value is -2.80. The van der Waals surface area contributed by atoms with Gasteiger partial charge < -0.3 is 5.32 Å². The fourth-order valence-electron chi connectivity index (χ4n) is 2.50. The highest BCUT2D eigenvalue weighted by atomic mass is 32.1. The minimum atomic E-state index is 0.646. The first-order chi connectivity index (χ1) is 11.8. The molecule has 3 aromatic heterocycles. The van der Waals surface area contributed by atoms with Crippen molar-refractivity contribution < 1.29 is 0 Å². The first kappa shape index (κ1) is 14.8. The molecule has 0 atom stereocenters. The summed E-state index contributed by atoms with van der Waals surface area (Å²) in [7, 11) is 0. The van der Waals surface area contributed by atoms with Crippen LogP contribution in [0.2, 0.25) is 0 Å². The van der Waals surface area contributed by atoms with Crippen LogP contribution in [0.3, 0.4) is 0 Å². The van der Waals surface area contributed by atoms with Gasteiger partial charge in [0.05, 0.1) is 23.8 Å². The van der Waals surface area contributed by atoms with Crippen LogP contribution in [0, 0.1) is 0 Å². The van der Waals surface area contributed by atoms with E-state index in [-0.39, 0.29) is 0 Å². The van der Waals surface area contributed by atoms with Gasteiger partial charge in [-0.05, 0) is 18.6 Å². The number of aryl methyl sites for hydroxylation is 1. The van der Waals surface area contributed by atoms with Crippen LogP contribution in [0.1, 0.15) is 16.8 Å².